The van der Waals surface area contributed by atoms with Crippen LogP contribution in [-0.4, -0.2) is 41.2 Å². The number of hydrogen-bond acceptors (Lipinski definition) is 4. The Bertz CT molecular complexity index is 723. The Morgan fingerprint density at radius 3 is 2.28 bits per heavy atom. The van der Waals surface area contributed by atoms with Crippen molar-refractivity contribution in [2.75, 3.05) is 14.1 Å². The number of phenolic OH excluding ortho intramolecular Hbond substituents is 1. The summed E-state index contributed by atoms with van der Waals surface area (Å²) in [5.74, 6) is 0.968. The van der Waals surface area contributed by atoms with Crippen LogP contribution in [0.4, 0.5) is 0 Å². The fraction of sp³-hybridized carbons (Fsp3) is 0.350. The zero-order chi connectivity index (χ0) is 18.6. The van der Waals surface area contributed by atoms with Gasteiger partial charge in [-0.05, 0) is 67.9 Å². The summed E-state index contributed by atoms with van der Waals surface area (Å²) in [5, 5.41) is 18.7. The van der Waals surface area contributed by atoms with E-state index in [0.29, 0.717) is 12.2 Å². The van der Waals surface area contributed by atoms with Gasteiger partial charge in [-0.2, -0.15) is 0 Å². The maximum atomic E-state index is 11.4. The van der Waals surface area contributed by atoms with Crippen molar-refractivity contribution in [1.82, 2.24) is 4.90 Å². The van der Waals surface area contributed by atoms with Crippen molar-refractivity contribution in [3.63, 3.8) is 0 Å². The number of hydrogen-bond donors (Lipinski definition) is 2. The van der Waals surface area contributed by atoms with Gasteiger partial charge in [0.1, 0.15) is 23.3 Å². The first-order valence-corrected chi connectivity index (χ1v) is 8.27. The molecular formula is C20H25NO4. The lowest BCUT2D eigenvalue weighted by Gasteiger charge is -2.21. The predicted octanol–water partition coefficient (Wildman–Crippen LogP) is 3.87. The second-order valence-electron chi connectivity index (χ2n) is 6.64. The normalized spacial score (nSPS) is 12.4. The van der Waals surface area contributed by atoms with Crippen LogP contribution in [0.2, 0.25) is 0 Å². The van der Waals surface area contributed by atoms with Crippen molar-refractivity contribution in [2.24, 2.45) is 0 Å². The van der Waals surface area contributed by atoms with Crippen molar-refractivity contribution < 1.29 is 19.7 Å². The number of carbonyl (C=O) groups is 1. The van der Waals surface area contributed by atoms with E-state index in [1.807, 2.05) is 18.2 Å². The van der Waals surface area contributed by atoms with Crippen LogP contribution in [0.5, 0.6) is 17.2 Å². The zero-order valence-electron chi connectivity index (χ0n) is 15.1. The number of benzene rings is 2. The van der Waals surface area contributed by atoms with Crippen LogP contribution in [0, 0.1) is 0 Å². The quantitative estimate of drug-likeness (QED) is 0.799. The van der Waals surface area contributed by atoms with E-state index in [2.05, 4.69) is 13.8 Å². The summed E-state index contributed by atoms with van der Waals surface area (Å²) >= 11 is 0. The van der Waals surface area contributed by atoms with Gasteiger partial charge in [-0.3, -0.25) is 9.69 Å². The molecule has 0 bridgehead atoms. The smallest absolute Gasteiger partial charge is 0.321 e. The molecule has 1 atom stereocenters. The van der Waals surface area contributed by atoms with Crippen molar-refractivity contribution in [1.29, 1.82) is 0 Å². The first kappa shape index (κ1) is 18.8. The second kappa shape index (κ2) is 8.03. The van der Waals surface area contributed by atoms with Crippen molar-refractivity contribution in [2.45, 2.75) is 32.2 Å². The maximum absolute atomic E-state index is 11.4. The van der Waals surface area contributed by atoms with Gasteiger partial charge in [0, 0.05) is 0 Å². The molecule has 2 N–H and O–H groups in total. The Hall–Kier alpha value is -2.53. The third-order valence-electron chi connectivity index (χ3n) is 4.10. The highest BCUT2D eigenvalue weighted by molar-refractivity contribution is 5.73. The Balaban J connectivity index is 2.27. The predicted molar refractivity (Wildman–Crippen MR) is 97.5 cm³/mol. The number of rotatable bonds is 7. The van der Waals surface area contributed by atoms with E-state index < -0.39 is 12.0 Å². The van der Waals surface area contributed by atoms with E-state index in [1.54, 1.807) is 43.3 Å². The summed E-state index contributed by atoms with van der Waals surface area (Å²) in [5.41, 5.74) is 1.98. The van der Waals surface area contributed by atoms with Gasteiger partial charge in [0.25, 0.3) is 0 Å². The lowest BCUT2D eigenvalue weighted by atomic mass is 9.96. The highest BCUT2D eigenvalue weighted by atomic mass is 16.5. The molecule has 134 valence electrons. The molecule has 0 aromatic heterocycles. The Morgan fingerprint density at radius 2 is 1.76 bits per heavy atom. The monoisotopic (exact) mass is 343 g/mol. The van der Waals surface area contributed by atoms with E-state index >= 15 is 0 Å². The number of aromatic hydroxyl groups is 1. The number of ether oxygens (including phenoxy) is 1. The molecule has 0 unspecified atom stereocenters. The van der Waals surface area contributed by atoms with Crippen LogP contribution in [0.3, 0.4) is 0 Å². The summed E-state index contributed by atoms with van der Waals surface area (Å²) in [6.45, 7) is 4.15. The van der Waals surface area contributed by atoms with Crippen LogP contribution in [0.25, 0.3) is 0 Å². The third-order valence-corrected chi connectivity index (χ3v) is 4.10. The second-order valence-corrected chi connectivity index (χ2v) is 6.64. The number of aliphatic carboxylic acids is 1. The minimum absolute atomic E-state index is 0.190. The van der Waals surface area contributed by atoms with E-state index in [1.165, 1.54) is 0 Å². The minimum atomic E-state index is -0.833. The molecule has 25 heavy (non-hydrogen) atoms. The Labute approximate surface area is 148 Å². The SMILES string of the molecule is CC(C)c1cc(C[C@@H](C(=O)O)N(C)C)ccc1Oc1ccc(O)cc1. The number of phenols is 1. The molecule has 0 spiro atoms. The molecule has 2 aromatic carbocycles. The van der Waals surface area contributed by atoms with E-state index in [9.17, 15) is 15.0 Å². The molecule has 5 heteroatoms. The van der Waals surface area contributed by atoms with Crippen molar-refractivity contribution in [3.05, 3.63) is 53.6 Å². The molecule has 0 aliphatic carbocycles. The van der Waals surface area contributed by atoms with Gasteiger partial charge in [0.15, 0.2) is 0 Å². The number of carboxylic acid groups (broad SMARTS) is 1. The van der Waals surface area contributed by atoms with Crippen LogP contribution < -0.4 is 4.74 Å². The highest BCUT2D eigenvalue weighted by Gasteiger charge is 2.21. The van der Waals surface area contributed by atoms with Gasteiger partial charge in [-0.15, -0.1) is 0 Å². The minimum Gasteiger partial charge on any atom is -0.508 e. The largest absolute Gasteiger partial charge is 0.508 e. The molecule has 0 aliphatic rings. The maximum Gasteiger partial charge on any atom is 0.321 e. The summed E-state index contributed by atoms with van der Waals surface area (Å²) in [6, 6.07) is 11.8. The van der Waals surface area contributed by atoms with Gasteiger partial charge in [0.2, 0.25) is 0 Å². The topological polar surface area (TPSA) is 70.0 Å². The van der Waals surface area contributed by atoms with E-state index in [4.69, 9.17) is 4.74 Å². The van der Waals surface area contributed by atoms with Gasteiger partial charge in [-0.1, -0.05) is 26.0 Å². The van der Waals surface area contributed by atoms with E-state index in [-0.39, 0.29) is 11.7 Å². The lowest BCUT2D eigenvalue weighted by molar-refractivity contribution is -0.142. The number of nitrogens with zero attached hydrogens (tertiary/aromatic N) is 1. The first-order chi connectivity index (χ1) is 11.8. The molecule has 0 fully saturated rings. The van der Waals surface area contributed by atoms with Crippen molar-refractivity contribution in [3.8, 4) is 17.2 Å². The number of likely N-dealkylation sites (N-methyl/N-ethyl adjacent to an activating group) is 1. The molecule has 0 radical (unpaired) electrons. The molecule has 0 aliphatic heterocycles. The fourth-order valence-electron chi connectivity index (χ4n) is 2.62. The first-order valence-electron chi connectivity index (χ1n) is 8.27. The summed E-state index contributed by atoms with van der Waals surface area (Å²) in [7, 11) is 3.54. The standard InChI is InChI=1S/C20H25NO4/c1-13(2)17-11-14(12-18(20(23)24)21(3)4)5-10-19(17)25-16-8-6-15(22)7-9-16/h5-11,13,18,22H,12H2,1-4H3,(H,23,24)/t18-/m0/s1. The Kier molecular flexibility index (Phi) is 6.04. The van der Waals surface area contributed by atoms with Gasteiger partial charge < -0.3 is 14.9 Å². The van der Waals surface area contributed by atoms with Crippen LogP contribution in [0.15, 0.2) is 42.5 Å². The lowest BCUT2D eigenvalue weighted by Crippen LogP contribution is -2.37. The van der Waals surface area contributed by atoms with E-state index in [0.717, 1.165) is 16.9 Å². The molecule has 2 rings (SSSR count). The summed E-state index contributed by atoms with van der Waals surface area (Å²) in [4.78, 5) is 13.1. The molecule has 0 saturated carbocycles. The molecule has 0 heterocycles. The van der Waals surface area contributed by atoms with Crippen molar-refractivity contribution >= 4 is 5.97 Å². The zero-order valence-corrected chi connectivity index (χ0v) is 15.1. The van der Waals surface area contributed by atoms with Crippen LogP contribution >= 0.6 is 0 Å². The fourth-order valence-corrected chi connectivity index (χ4v) is 2.62. The molecule has 5 nitrogen and oxygen atoms in total. The molecular weight excluding hydrogens is 318 g/mol. The van der Waals surface area contributed by atoms with Crippen LogP contribution in [-0.2, 0) is 11.2 Å². The molecule has 2 aromatic rings. The molecule has 0 saturated heterocycles. The van der Waals surface area contributed by atoms with Crippen LogP contribution in [0.1, 0.15) is 30.9 Å². The average Bonchev–Trinajstić information content (AvgIpc) is 2.55. The average molecular weight is 343 g/mol. The van der Waals surface area contributed by atoms with Gasteiger partial charge in [0.05, 0.1) is 0 Å². The Morgan fingerprint density at radius 1 is 1.12 bits per heavy atom. The third kappa shape index (κ3) is 4.97. The number of carboxylic acids is 1. The van der Waals surface area contributed by atoms with Gasteiger partial charge >= 0.3 is 5.97 Å². The summed E-state index contributed by atoms with van der Waals surface area (Å²) in [6.07, 6.45) is 0.432. The van der Waals surface area contributed by atoms with Gasteiger partial charge in [-0.25, -0.2) is 0 Å². The molecule has 0 amide bonds. The highest BCUT2D eigenvalue weighted by Crippen LogP contribution is 2.32. The summed E-state index contributed by atoms with van der Waals surface area (Å²) < 4.78 is 5.94.